The molecule has 8 heteroatoms. The van der Waals surface area contributed by atoms with Gasteiger partial charge in [0.05, 0.1) is 13.7 Å². The van der Waals surface area contributed by atoms with Gasteiger partial charge in [-0.25, -0.2) is 8.42 Å². The molecule has 7 nitrogen and oxygen atoms in total. The number of benzene rings is 1. The monoisotopic (exact) mass is 393 g/mol. The fourth-order valence-corrected chi connectivity index (χ4v) is 4.24. The maximum Gasteiger partial charge on any atom is 0.227 e. The number of nitrogens with zero attached hydrogens (tertiary/aromatic N) is 3. The fourth-order valence-electron chi connectivity index (χ4n) is 3.35. The number of methoxy groups -OCH3 is 1. The lowest BCUT2D eigenvalue weighted by Gasteiger charge is -2.28. The molecule has 2 aliphatic heterocycles. The summed E-state index contributed by atoms with van der Waals surface area (Å²) < 4.78 is 35.5. The van der Waals surface area contributed by atoms with Crippen LogP contribution in [0.1, 0.15) is 19.3 Å². The van der Waals surface area contributed by atoms with Crippen molar-refractivity contribution in [2.24, 2.45) is 4.99 Å². The van der Waals surface area contributed by atoms with Crippen molar-refractivity contribution in [2.75, 3.05) is 44.5 Å². The lowest BCUT2D eigenvalue weighted by Crippen LogP contribution is -2.37. The summed E-state index contributed by atoms with van der Waals surface area (Å²) in [7, 11) is -1.79. The summed E-state index contributed by atoms with van der Waals surface area (Å²) >= 11 is 0. The average molecular weight is 394 g/mol. The second kappa shape index (κ2) is 8.75. The summed E-state index contributed by atoms with van der Waals surface area (Å²) in [6, 6.07) is 5.40. The van der Waals surface area contributed by atoms with Crippen LogP contribution in [0.25, 0.3) is 0 Å². The Hall–Kier alpha value is -2.06. The van der Waals surface area contributed by atoms with Gasteiger partial charge in [0.2, 0.25) is 5.50 Å². The van der Waals surface area contributed by atoms with E-state index in [0.717, 1.165) is 13.0 Å². The number of aliphatic imine (C=N–C) groups is 1. The molecule has 1 unspecified atom stereocenters. The second-order valence-corrected chi connectivity index (χ2v) is 8.87. The van der Waals surface area contributed by atoms with Gasteiger partial charge in [-0.2, -0.15) is 0 Å². The first-order valence-corrected chi connectivity index (χ1v) is 11.1. The molecule has 0 radical (unpaired) electrons. The summed E-state index contributed by atoms with van der Waals surface area (Å²) in [6.45, 7) is 3.96. The lowest BCUT2D eigenvalue weighted by atomic mass is 10.2. The van der Waals surface area contributed by atoms with E-state index in [1.165, 1.54) is 38.4 Å². The lowest BCUT2D eigenvalue weighted by molar-refractivity contribution is 0.254. The van der Waals surface area contributed by atoms with Crippen LogP contribution in [-0.2, 0) is 9.84 Å². The maximum atomic E-state index is 12.1. The van der Waals surface area contributed by atoms with Gasteiger partial charge in [-0.3, -0.25) is 4.99 Å². The van der Waals surface area contributed by atoms with Crippen molar-refractivity contribution >= 4 is 21.7 Å². The molecule has 1 fully saturated rings. The highest BCUT2D eigenvalue weighted by atomic mass is 32.2. The van der Waals surface area contributed by atoms with Crippen LogP contribution in [0.5, 0.6) is 11.5 Å². The van der Waals surface area contributed by atoms with E-state index in [0.29, 0.717) is 23.8 Å². The van der Waals surface area contributed by atoms with Crippen LogP contribution in [0.4, 0.5) is 5.69 Å². The quantitative estimate of drug-likeness (QED) is 0.631. The molecule has 27 heavy (non-hydrogen) atoms. The molecule has 0 amide bonds. The van der Waals surface area contributed by atoms with E-state index in [-0.39, 0.29) is 0 Å². The molecule has 2 aliphatic rings. The van der Waals surface area contributed by atoms with Crippen molar-refractivity contribution in [3.05, 3.63) is 30.5 Å². The Morgan fingerprint density at radius 3 is 2.70 bits per heavy atom. The number of hydrogen-bond donors (Lipinski definition) is 0. The molecular weight excluding hydrogens is 366 g/mol. The highest BCUT2D eigenvalue weighted by Gasteiger charge is 2.28. The van der Waals surface area contributed by atoms with Gasteiger partial charge in [0.15, 0.2) is 21.3 Å². The highest BCUT2D eigenvalue weighted by Crippen LogP contribution is 2.34. The molecule has 2 heterocycles. The van der Waals surface area contributed by atoms with E-state index in [9.17, 15) is 8.42 Å². The molecule has 0 aromatic heterocycles. The summed E-state index contributed by atoms with van der Waals surface area (Å²) in [5, 5.41) is 0. The molecule has 0 spiro atoms. The summed E-state index contributed by atoms with van der Waals surface area (Å²) in [5.41, 5.74) is -0.284. The summed E-state index contributed by atoms with van der Waals surface area (Å²) in [4.78, 5) is 8.16. The van der Waals surface area contributed by atoms with Crippen molar-refractivity contribution in [1.82, 2.24) is 4.90 Å². The SMILES string of the molecule is COc1ccc(N2C=CC=NC2S(C)(=O)=O)cc1OCCCN1CCCC1. The molecule has 1 atom stereocenters. The molecule has 0 aliphatic carbocycles. The fraction of sp³-hybridized carbons (Fsp3) is 0.526. The molecule has 0 bridgehead atoms. The van der Waals surface area contributed by atoms with Crippen molar-refractivity contribution in [1.29, 1.82) is 0 Å². The summed E-state index contributed by atoms with van der Waals surface area (Å²) in [6.07, 6.45) is 9.60. The number of anilines is 1. The van der Waals surface area contributed by atoms with E-state index in [1.807, 2.05) is 0 Å². The first-order chi connectivity index (χ1) is 13.0. The largest absolute Gasteiger partial charge is 0.493 e. The number of likely N-dealkylation sites (tertiary alicyclic amines) is 1. The third-order valence-electron chi connectivity index (χ3n) is 4.69. The number of allylic oxidation sites excluding steroid dienone is 1. The predicted molar refractivity (Wildman–Crippen MR) is 108 cm³/mol. The van der Waals surface area contributed by atoms with Crippen LogP contribution in [-0.4, -0.2) is 64.6 Å². The number of ether oxygens (including phenoxy) is 2. The average Bonchev–Trinajstić information content (AvgIpc) is 3.18. The minimum Gasteiger partial charge on any atom is -0.493 e. The standard InChI is InChI=1S/C19H27N3O4S/c1-25-17-8-7-16(22-13-5-9-20-19(22)27(2,23)24)15-18(17)26-14-6-12-21-10-3-4-11-21/h5,7-9,13,15,19H,3-4,6,10-12,14H2,1-2H3. The van der Waals surface area contributed by atoms with Gasteiger partial charge in [-0.05, 0) is 50.6 Å². The highest BCUT2D eigenvalue weighted by molar-refractivity contribution is 7.91. The number of hydrogen-bond acceptors (Lipinski definition) is 7. The zero-order valence-electron chi connectivity index (χ0n) is 15.9. The smallest absolute Gasteiger partial charge is 0.227 e. The Bertz CT molecular complexity index is 801. The van der Waals surface area contributed by atoms with Crippen molar-refractivity contribution in [3.8, 4) is 11.5 Å². The zero-order valence-corrected chi connectivity index (χ0v) is 16.7. The first kappa shape index (κ1) is 19.7. The minimum absolute atomic E-state index is 0.583. The van der Waals surface area contributed by atoms with Crippen LogP contribution < -0.4 is 14.4 Å². The molecule has 148 valence electrons. The summed E-state index contributed by atoms with van der Waals surface area (Å²) in [5.74, 6) is 1.23. The predicted octanol–water partition coefficient (Wildman–Crippen LogP) is 2.29. The van der Waals surface area contributed by atoms with Gasteiger partial charge in [0.1, 0.15) is 0 Å². The molecule has 1 aromatic carbocycles. The van der Waals surface area contributed by atoms with Gasteiger partial charge in [-0.1, -0.05) is 0 Å². The van der Waals surface area contributed by atoms with Crippen LogP contribution in [0.2, 0.25) is 0 Å². The van der Waals surface area contributed by atoms with Gasteiger partial charge < -0.3 is 19.3 Å². The molecule has 0 saturated carbocycles. The second-order valence-electron chi connectivity index (χ2n) is 6.79. The third-order valence-corrected chi connectivity index (χ3v) is 5.80. The van der Waals surface area contributed by atoms with Gasteiger partial charge in [0.25, 0.3) is 0 Å². The number of rotatable bonds is 8. The Morgan fingerprint density at radius 1 is 1.22 bits per heavy atom. The molecule has 0 N–H and O–H groups in total. The van der Waals surface area contributed by atoms with Crippen LogP contribution in [0, 0.1) is 0 Å². The Balaban J connectivity index is 1.70. The molecule has 3 rings (SSSR count). The molecule has 1 saturated heterocycles. The topological polar surface area (TPSA) is 71.4 Å². The van der Waals surface area contributed by atoms with Crippen molar-refractivity contribution < 1.29 is 17.9 Å². The third kappa shape index (κ3) is 5.01. The van der Waals surface area contributed by atoms with Crippen LogP contribution in [0.3, 0.4) is 0 Å². The Morgan fingerprint density at radius 2 is 2.00 bits per heavy atom. The molecule has 1 aromatic rings. The van der Waals surface area contributed by atoms with E-state index < -0.39 is 15.3 Å². The normalized spacial score (nSPS) is 20.2. The molecular formula is C19H27N3O4S. The Kier molecular flexibility index (Phi) is 6.38. The first-order valence-electron chi connectivity index (χ1n) is 9.19. The minimum atomic E-state index is -3.38. The van der Waals surface area contributed by atoms with Crippen molar-refractivity contribution in [3.63, 3.8) is 0 Å². The van der Waals surface area contributed by atoms with E-state index >= 15 is 0 Å². The van der Waals surface area contributed by atoms with Crippen LogP contribution >= 0.6 is 0 Å². The van der Waals surface area contributed by atoms with Crippen LogP contribution in [0.15, 0.2) is 35.5 Å². The van der Waals surface area contributed by atoms with Gasteiger partial charge in [-0.15, -0.1) is 0 Å². The van der Waals surface area contributed by atoms with Gasteiger partial charge in [0, 0.05) is 37.0 Å². The van der Waals surface area contributed by atoms with Gasteiger partial charge >= 0.3 is 0 Å². The van der Waals surface area contributed by atoms with E-state index in [1.54, 1.807) is 42.5 Å². The van der Waals surface area contributed by atoms with E-state index in [2.05, 4.69) is 9.89 Å². The Labute approximate surface area is 161 Å². The van der Waals surface area contributed by atoms with E-state index in [4.69, 9.17) is 9.47 Å². The maximum absolute atomic E-state index is 12.1. The zero-order chi connectivity index (χ0) is 19.3. The number of sulfone groups is 1. The van der Waals surface area contributed by atoms with Crippen molar-refractivity contribution in [2.45, 2.75) is 24.8 Å².